The smallest absolute Gasteiger partial charge is 0.290 e. The van der Waals surface area contributed by atoms with Gasteiger partial charge in [-0.3, -0.25) is 9.59 Å². The molecule has 6 nitrogen and oxygen atoms in total. The van der Waals surface area contributed by atoms with Crippen LogP contribution in [0.4, 0.5) is 13.2 Å². The van der Waals surface area contributed by atoms with Gasteiger partial charge in [0.1, 0.15) is 5.82 Å². The first-order valence-corrected chi connectivity index (χ1v) is 8.85. The Balaban J connectivity index is 1.71. The van der Waals surface area contributed by atoms with Gasteiger partial charge in [-0.2, -0.15) is 0 Å². The molecule has 2 heterocycles. The van der Waals surface area contributed by atoms with Crippen molar-refractivity contribution in [2.24, 2.45) is 0 Å². The lowest BCUT2D eigenvalue weighted by Crippen LogP contribution is -2.40. The second-order valence-corrected chi connectivity index (χ2v) is 6.86. The number of benzene rings is 1. The van der Waals surface area contributed by atoms with Crippen LogP contribution >= 0.6 is 0 Å². The summed E-state index contributed by atoms with van der Waals surface area (Å²) in [6, 6.07) is 3.15. The molecule has 1 aliphatic heterocycles. The summed E-state index contributed by atoms with van der Waals surface area (Å²) in [7, 11) is 0. The molecule has 1 N–H and O–H groups in total. The molecule has 0 unspecified atom stereocenters. The number of halogens is 3. The highest BCUT2D eigenvalue weighted by Gasteiger charge is 2.31. The Kier molecular flexibility index (Phi) is 5.71. The Bertz CT molecular complexity index is 898. The van der Waals surface area contributed by atoms with Crippen molar-refractivity contribution >= 4 is 11.8 Å². The summed E-state index contributed by atoms with van der Waals surface area (Å²) in [6.07, 6.45) is -2.23. The third-order valence-corrected chi connectivity index (χ3v) is 4.71. The maximum absolute atomic E-state index is 13.4. The van der Waals surface area contributed by atoms with Crippen LogP contribution < -0.4 is 5.32 Å². The average Bonchev–Trinajstić information content (AvgIpc) is 3.07. The van der Waals surface area contributed by atoms with Gasteiger partial charge < -0.3 is 14.7 Å². The molecule has 150 valence electrons. The number of nitrogens with one attached hydrogen (secondary N) is 1. The Labute approximate surface area is 159 Å². The number of hydrogen-bond donors (Lipinski definition) is 1. The molecule has 0 saturated carbocycles. The highest BCUT2D eigenvalue weighted by atomic mass is 19.3. The Morgan fingerprint density at radius 1 is 1.36 bits per heavy atom. The van der Waals surface area contributed by atoms with Crippen molar-refractivity contribution in [2.45, 2.75) is 45.7 Å². The van der Waals surface area contributed by atoms with Gasteiger partial charge in [-0.25, -0.2) is 13.2 Å². The fourth-order valence-corrected chi connectivity index (χ4v) is 3.04. The molecule has 9 heteroatoms. The number of fused-ring (bicyclic) bond motifs is 1. The zero-order valence-corrected chi connectivity index (χ0v) is 15.5. The van der Waals surface area contributed by atoms with Crippen molar-refractivity contribution in [1.82, 2.24) is 15.4 Å². The summed E-state index contributed by atoms with van der Waals surface area (Å²) >= 11 is 0. The molecule has 1 aromatic heterocycles. The minimum atomic E-state index is -2.71. The van der Waals surface area contributed by atoms with Crippen LogP contribution in [0.3, 0.4) is 0 Å². The predicted molar refractivity (Wildman–Crippen MR) is 93.4 cm³/mol. The van der Waals surface area contributed by atoms with Gasteiger partial charge >= 0.3 is 0 Å². The van der Waals surface area contributed by atoms with Gasteiger partial charge in [0.25, 0.3) is 12.3 Å². The normalized spacial score (nSPS) is 14.7. The fraction of sp³-hybridized carbons (Fsp3) is 0.421. The van der Waals surface area contributed by atoms with Gasteiger partial charge in [0.2, 0.25) is 11.7 Å². The van der Waals surface area contributed by atoms with Crippen LogP contribution in [-0.4, -0.2) is 40.9 Å². The Morgan fingerprint density at radius 3 is 2.79 bits per heavy atom. The van der Waals surface area contributed by atoms with E-state index >= 15 is 0 Å². The summed E-state index contributed by atoms with van der Waals surface area (Å²) < 4.78 is 43.8. The van der Waals surface area contributed by atoms with E-state index in [0.29, 0.717) is 35.3 Å². The molecule has 1 atom stereocenters. The fourth-order valence-electron chi connectivity index (χ4n) is 3.04. The van der Waals surface area contributed by atoms with Gasteiger partial charge in [0.15, 0.2) is 0 Å². The Hall–Kier alpha value is -2.84. The molecule has 0 aliphatic carbocycles. The topological polar surface area (TPSA) is 75.4 Å². The molecule has 2 amide bonds. The minimum absolute atomic E-state index is 0.0890. The van der Waals surface area contributed by atoms with E-state index in [4.69, 9.17) is 4.52 Å². The third-order valence-electron chi connectivity index (χ3n) is 4.71. The lowest BCUT2D eigenvalue weighted by atomic mass is 10.0. The van der Waals surface area contributed by atoms with Crippen molar-refractivity contribution in [3.05, 3.63) is 52.2 Å². The second kappa shape index (κ2) is 8.04. The van der Waals surface area contributed by atoms with Crippen LogP contribution in [0.2, 0.25) is 0 Å². The van der Waals surface area contributed by atoms with Gasteiger partial charge in [0, 0.05) is 18.5 Å². The predicted octanol–water partition coefficient (Wildman–Crippen LogP) is 2.63. The van der Waals surface area contributed by atoms with Crippen LogP contribution in [0.15, 0.2) is 22.7 Å². The summed E-state index contributed by atoms with van der Waals surface area (Å²) in [4.78, 5) is 26.4. The first-order valence-electron chi connectivity index (χ1n) is 8.85. The number of aryl methyl sites for hydroxylation is 1. The van der Waals surface area contributed by atoms with Crippen LogP contribution in [-0.2, 0) is 24.2 Å². The molecule has 0 radical (unpaired) electrons. The number of amides is 2. The number of alkyl halides is 2. The highest BCUT2D eigenvalue weighted by molar-refractivity contribution is 5.93. The van der Waals surface area contributed by atoms with Crippen LogP contribution in [0.5, 0.6) is 0 Å². The highest BCUT2D eigenvalue weighted by Crippen LogP contribution is 2.23. The quantitative estimate of drug-likeness (QED) is 0.845. The van der Waals surface area contributed by atoms with Crippen LogP contribution in [0.25, 0.3) is 0 Å². The van der Waals surface area contributed by atoms with Crippen molar-refractivity contribution in [3.8, 4) is 0 Å². The van der Waals surface area contributed by atoms with Crippen molar-refractivity contribution < 1.29 is 27.3 Å². The summed E-state index contributed by atoms with van der Waals surface area (Å²) in [5.74, 6) is -1.47. The zero-order chi connectivity index (χ0) is 20.4. The van der Waals surface area contributed by atoms with E-state index in [0.717, 1.165) is 0 Å². The molecule has 0 spiro atoms. The van der Waals surface area contributed by atoms with Gasteiger partial charge in [-0.05, 0) is 31.0 Å². The van der Waals surface area contributed by atoms with E-state index in [2.05, 4.69) is 10.5 Å². The van der Waals surface area contributed by atoms with Gasteiger partial charge in [-0.15, -0.1) is 0 Å². The van der Waals surface area contributed by atoms with Crippen LogP contribution in [0.1, 0.15) is 39.9 Å². The van der Waals surface area contributed by atoms with Crippen LogP contribution in [0, 0.1) is 12.7 Å². The van der Waals surface area contributed by atoms with E-state index in [1.807, 2.05) is 0 Å². The largest absolute Gasteiger partial charge is 0.350 e. The molecule has 0 saturated heterocycles. The van der Waals surface area contributed by atoms with Crippen molar-refractivity contribution in [2.75, 3.05) is 6.54 Å². The Morgan fingerprint density at radius 2 is 2.11 bits per heavy atom. The second-order valence-electron chi connectivity index (χ2n) is 6.86. The lowest BCUT2D eigenvalue weighted by molar-refractivity contribution is -0.131. The van der Waals surface area contributed by atoms with Crippen molar-refractivity contribution in [1.29, 1.82) is 0 Å². The first kappa shape index (κ1) is 19.9. The first-order chi connectivity index (χ1) is 13.3. The molecule has 28 heavy (non-hydrogen) atoms. The number of nitrogens with zero attached hydrogens (tertiary/aromatic N) is 2. The molecule has 3 rings (SSSR count). The van der Waals surface area contributed by atoms with Gasteiger partial charge in [-0.1, -0.05) is 17.3 Å². The van der Waals surface area contributed by atoms with Gasteiger partial charge in [0.05, 0.1) is 24.7 Å². The number of hydrogen-bond acceptors (Lipinski definition) is 4. The number of rotatable bonds is 5. The van der Waals surface area contributed by atoms with E-state index in [1.54, 1.807) is 24.0 Å². The SMILES string of the molecule is Cc1cc(CC(=O)N2CCc3noc(C(=O)N[C@H](C)C(F)F)c3C2)ccc1F. The number of carbonyl (C=O) groups is 2. The molecule has 0 bridgehead atoms. The minimum Gasteiger partial charge on any atom is -0.350 e. The molecule has 2 aromatic rings. The standard InChI is InChI=1S/C19H20F3N3O3/c1-10-7-12(3-4-14(10)20)8-16(26)25-6-5-15-13(9-25)17(28-24-15)19(27)23-11(2)18(21)22/h3-4,7,11,18H,5-6,8-9H2,1-2H3,(H,23,27)/t11-/m1/s1. The molecule has 0 fully saturated rings. The lowest BCUT2D eigenvalue weighted by Gasteiger charge is -2.26. The molecule has 1 aromatic carbocycles. The van der Waals surface area contributed by atoms with E-state index < -0.39 is 18.4 Å². The van der Waals surface area contributed by atoms with E-state index in [-0.39, 0.29) is 30.5 Å². The monoisotopic (exact) mass is 395 g/mol. The summed E-state index contributed by atoms with van der Waals surface area (Å²) in [5, 5.41) is 5.99. The summed E-state index contributed by atoms with van der Waals surface area (Å²) in [6.45, 7) is 3.31. The average molecular weight is 395 g/mol. The maximum Gasteiger partial charge on any atom is 0.290 e. The summed E-state index contributed by atoms with van der Waals surface area (Å²) in [5.41, 5.74) is 2.10. The maximum atomic E-state index is 13.4. The molecular formula is C19H20F3N3O3. The molecular weight excluding hydrogens is 375 g/mol. The third kappa shape index (κ3) is 4.18. The zero-order valence-electron chi connectivity index (χ0n) is 15.5. The number of carbonyl (C=O) groups excluding carboxylic acids is 2. The molecule has 1 aliphatic rings. The number of aromatic nitrogens is 1. The van der Waals surface area contributed by atoms with E-state index in [9.17, 15) is 22.8 Å². The van der Waals surface area contributed by atoms with E-state index in [1.165, 1.54) is 13.0 Å². The van der Waals surface area contributed by atoms with Crippen molar-refractivity contribution in [3.63, 3.8) is 0 Å².